The van der Waals surface area contributed by atoms with Gasteiger partial charge in [0, 0.05) is 22.7 Å². The van der Waals surface area contributed by atoms with Gasteiger partial charge in [0.1, 0.15) is 5.60 Å². The van der Waals surface area contributed by atoms with Crippen LogP contribution in [-0.2, 0) is 0 Å². The van der Waals surface area contributed by atoms with Gasteiger partial charge in [-0.2, -0.15) is 0 Å². The van der Waals surface area contributed by atoms with Crippen molar-refractivity contribution < 1.29 is 30.6 Å². The summed E-state index contributed by atoms with van der Waals surface area (Å²) in [7, 11) is 0. The van der Waals surface area contributed by atoms with Crippen molar-refractivity contribution in [3.05, 3.63) is 12.2 Å². The van der Waals surface area contributed by atoms with Gasteiger partial charge in [-0.15, -0.1) is 0 Å². The lowest BCUT2D eigenvalue weighted by Gasteiger charge is -2.46. The second-order valence-corrected chi connectivity index (χ2v) is 10.2. The number of hydrogen-bond donors (Lipinski definition) is 6. The molecule has 4 aliphatic carbocycles. The van der Waals surface area contributed by atoms with Gasteiger partial charge in [-0.1, -0.05) is 26.0 Å². The molecule has 1 spiro atoms. The molecule has 26 heavy (non-hydrogen) atoms. The van der Waals surface area contributed by atoms with Crippen LogP contribution in [0.25, 0.3) is 0 Å². The Morgan fingerprint density at radius 1 is 0.962 bits per heavy atom. The van der Waals surface area contributed by atoms with E-state index in [1.54, 1.807) is 20.8 Å². The lowest BCUT2D eigenvalue weighted by molar-refractivity contribution is -0.174. The quantitative estimate of drug-likeness (QED) is 0.333. The topological polar surface area (TPSA) is 121 Å². The monoisotopic (exact) mass is 368 g/mol. The minimum absolute atomic E-state index is 0.111. The summed E-state index contributed by atoms with van der Waals surface area (Å²) in [6.45, 7) is 9.22. The molecule has 0 amide bonds. The van der Waals surface area contributed by atoms with Crippen LogP contribution in [-0.4, -0.2) is 66.3 Å². The van der Waals surface area contributed by atoms with Crippen molar-refractivity contribution in [1.82, 2.24) is 0 Å². The Bertz CT molecular complexity index is 644. The first-order valence-electron chi connectivity index (χ1n) is 9.68. The largest absolute Gasteiger partial charge is 0.392 e. The van der Waals surface area contributed by atoms with Gasteiger partial charge >= 0.3 is 0 Å². The maximum absolute atomic E-state index is 11.6. The number of aliphatic hydroxyl groups excluding tert-OH is 4. The summed E-state index contributed by atoms with van der Waals surface area (Å²) in [5, 5.41) is 66.0. The highest BCUT2D eigenvalue weighted by atomic mass is 16.4. The second kappa shape index (κ2) is 5.10. The van der Waals surface area contributed by atoms with Crippen LogP contribution in [0.15, 0.2) is 12.2 Å². The molecular formula is C20H32O6. The van der Waals surface area contributed by atoms with E-state index >= 15 is 0 Å². The van der Waals surface area contributed by atoms with Crippen molar-refractivity contribution in [3.8, 4) is 0 Å². The predicted molar refractivity (Wildman–Crippen MR) is 93.9 cm³/mol. The van der Waals surface area contributed by atoms with Crippen LogP contribution < -0.4 is 0 Å². The molecule has 0 aromatic heterocycles. The first-order chi connectivity index (χ1) is 11.8. The number of hydrogen-bond acceptors (Lipinski definition) is 6. The summed E-state index contributed by atoms with van der Waals surface area (Å²) < 4.78 is 0. The second-order valence-electron chi connectivity index (χ2n) is 10.2. The highest BCUT2D eigenvalue weighted by Crippen LogP contribution is 2.68. The van der Waals surface area contributed by atoms with Gasteiger partial charge in [-0.25, -0.2) is 0 Å². The third-order valence-electron chi connectivity index (χ3n) is 8.76. The zero-order valence-electron chi connectivity index (χ0n) is 15.8. The van der Waals surface area contributed by atoms with Crippen molar-refractivity contribution in [3.63, 3.8) is 0 Å². The molecule has 6 heteroatoms. The molecule has 2 bridgehead atoms. The number of aliphatic hydroxyl groups is 6. The predicted octanol–water partition coefficient (Wildman–Crippen LogP) is -0.0557. The Balaban J connectivity index is 1.88. The van der Waals surface area contributed by atoms with Crippen molar-refractivity contribution >= 4 is 0 Å². The fourth-order valence-electron chi connectivity index (χ4n) is 7.34. The van der Waals surface area contributed by atoms with Crippen LogP contribution >= 0.6 is 0 Å². The zero-order valence-corrected chi connectivity index (χ0v) is 15.8. The lowest BCUT2D eigenvalue weighted by Crippen LogP contribution is -2.57. The third kappa shape index (κ3) is 1.84. The van der Waals surface area contributed by atoms with Gasteiger partial charge in [0.15, 0.2) is 0 Å². The van der Waals surface area contributed by atoms with Gasteiger partial charge in [0.2, 0.25) is 0 Å². The maximum Gasteiger partial charge on any atom is 0.107 e. The average Bonchev–Trinajstić information content (AvgIpc) is 2.70. The van der Waals surface area contributed by atoms with Gasteiger partial charge in [-0.05, 0) is 38.5 Å². The minimum atomic E-state index is -1.75. The Morgan fingerprint density at radius 3 is 2.19 bits per heavy atom. The normalized spacial score (nSPS) is 61.1. The van der Waals surface area contributed by atoms with Crippen LogP contribution in [0.4, 0.5) is 0 Å². The SMILES string of the molecule is C=C1[C@@H]2[C@H](O)[C@H](O)C(C)(C)[C@@]2(O)[C@H](O)C[C@]23C[C@@](C)(O)[C@H](CC[C@@H]12)[C@H]3O. The molecule has 4 rings (SSSR count). The van der Waals surface area contributed by atoms with Gasteiger partial charge in [0.25, 0.3) is 0 Å². The number of rotatable bonds is 0. The van der Waals surface area contributed by atoms with Crippen LogP contribution in [0.5, 0.6) is 0 Å². The van der Waals surface area contributed by atoms with Gasteiger partial charge < -0.3 is 30.6 Å². The van der Waals surface area contributed by atoms with Crippen LogP contribution in [0.1, 0.15) is 46.5 Å². The fourth-order valence-corrected chi connectivity index (χ4v) is 7.34. The Hall–Kier alpha value is -0.500. The van der Waals surface area contributed by atoms with E-state index in [1.807, 2.05) is 0 Å². The Labute approximate surface area is 154 Å². The van der Waals surface area contributed by atoms with Crippen molar-refractivity contribution in [1.29, 1.82) is 0 Å². The molecule has 4 aliphatic rings. The summed E-state index contributed by atoms with van der Waals surface area (Å²) in [6.07, 6.45) is -2.72. The highest BCUT2D eigenvalue weighted by Gasteiger charge is 2.74. The minimum Gasteiger partial charge on any atom is -0.392 e. The summed E-state index contributed by atoms with van der Waals surface area (Å²) in [6, 6.07) is 0. The molecule has 6 N–H and O–H groups in total. The van der Waals surface area contributed by atoms with E-state index in [0.29, 0.717) is 24.8 Å². The summed E-state index contributed by atoms with van der Waals surface area (Å²) in [5.41, 5.74) is -4.13. The van der Waals surface area contributed by atoms with E-state index in [-0.39, 0.29) is 18.3 Å². The smallest absolute Gasteiger partial charge is 0.107 e. The summed E-state index contributed by atoms with van der Waals surface area (Å²) >= 11 is 0. The van der Waals surface area contributed by atoms with Crippen molar-refractivity contribution in [2.45, 2.75) is 82.1 Å². The first kappa shape index (κ1) is 18.8. The molecule has 0 heterocycles. The van der Waals surface area contributed by atoms with Gasteiger partial charge in [-0.3, -0.25) is 0 Å². The van der Waals surface area contributed by atoms with E-state index in [1.165, 1.54) is 0 Å². The van der Waals surface area contributed by atoms with E-state index in [0.717, 1.165) is 0 Å². The standard InChI is InChI=1S/C20H32O6/c1-9-10-5-6-11-15(23)19(10,8-18(11,4)25)7-12(21)20(26)13(9)14(22)16(24)17(20,2)3/h10-16,21-26H,1,5-8H2,2-4H3/t10-,11+,12+,13+,14-,15+,16-,18+,19-,20+/m0/s1. The molecule has 0 radical (unpaired) electrons. The zero-order chi connectivity index (χ0) is 19.4. The Morgan fingerprint density at radius 2 is 1.58 bits per heavy atom. The maximum atomic E-state index is 11.6. The molecule has 4 saturated carbocycles. The Kier molecular flexibility index (Phi) is 3.70. The highest BCUT2D eigenvalue weighted by molar-refractivity contribution is 5.33. The van der Waals surface area contributed by atoms with E-state index < -0.39 is 52.4 Å². The van der Waals surface area contributed by atoms with Crippen LogP contribution in [0, 0.1) is 28.6 Å². The van der Waals surface area contributed by atoms with Gasteiger partial charge in [0.05, 0.1) is 30.0 Å². The van der Waals surface area contributed by atoms with E-state index in [2.05, 4.69) is 6.58 Å². The molecule has 0 unspecified atom stereocenters. The fraction of sp³-hybridized carbons (Fsp3) is 0.900. The summed E-state index contributed by atoms with van der Waals surface area (Å²) in [4.78, 5) is 0. The molecule has 4 fully saturated rings. The van der Waals surface area contributed by atoms with Crippen molar-refractivity contribution in [2.24, 2.45) is 28.6 Å². The molecule has 0 aromatic rings. The molecule has 0 saturated heterocycles. The molecule has 148 valence electrons. The first-order valence-corrected chi connectivity index (χ1v) is 9.68. The van der Waals surface area contributed by atoms with E-state index in [4.69, 9.17) is 0 Å². The van der Waals surface area contributed by atoms with Crippen molar-refractivity contribution in [2.75, 3.05) is 0 Å². The molecule has 0 aromatic carbocycles. The molecule has 0 aliphatic heterocycles. The van der Waals surface area contributed by atoms with Crippen LogP contribution in [0.3, 0.4) is 0 Å². The lowest BCUT2D eigenvalue weighted by atomic mass is 9.61. The molecular weight excluding hydrogens is 336 g/mol. The molecule has 6 nitrogen and oxygen atoms in total. The average molecular weight is 368 g/mol. The van der Waals surface area contributed by atoms with E-state index in [9.17, 15) is 30.6 Å². The molecule has 10 atom stereocenters. The third-order valence-corrected chi connectivity index (χ3v) is 8.76. The number of fused-ring (bicyclic) bond motifs is 2. The summed E-state index contributed by atoms with van der Waals surface area (Å²) in [5.74, 6) is -1.37. The van der Waals surface area contributed by atoms with Crippen LogP contribution in [0.2, 0.25) is 0 Å².